The molecule has 1 aliphatic carbocycles. The number of hydrogen-bond donors (Lipinski definition) is 1. The van der Waals surface area contributed by atoms with E-state index in [2.05, 4.69) is 10.4 Å². The van der Waals surface area contributed by atoms with E-state index in [1.807, 2.05) is 12.1 Å². The molecular weight excluding hydrogens is 535 g/mol. The Morgan fingerprint density at radius 1 is 1.15 bits per heavy atom. The first kappa shape index (κ1) is 26.6. The zero-order valence-corrected chi connectivity index (χ0v) is 21.5. The Bertz CT molecular complexity index is 1550. The molecule has 2 atom stereocenters. The predicted molar refractivity (Wildman–Crippen MR) is 134 cm³/mol. The third kappa shape index (κ3) is 5.16. The number of nitriles is 1. The molecule has 9 nitrogen and oxygen atoms in total. The van der Waals surface area contributed by atoms with Gasteiger partial charge in [0.25, 0.3) is 0 Å². The minimum absolute atomic E-state index is 0.256. The Morgan fingerprint density at radius 2 is 1.82 bits per heavy atom. The van der Waals surface area contributed by atoms with Gasteiger partial charge in [0.2, 0.25) is 0 Å². The number of anilines is 1. The number of amides is 1. The fourth-order valence-electron chi connectivity index (χ4n) is 4.66. The first-order valence-corrected chi connectivity index (χ1v) is 13.7. The van der Waals surface area contributed by atoms with E-state index in [4.69, 9.17) is 4.74 Å². The molecule has 5 rings (SSSR count). The fraction of sp³-hybridized carbons (Fsp3) is 0.346. The van der Waals surface area contributed by atoms with E-state index in [9.17, 15) is 31.6 Å². The van der Waals surface area contributed by atoms with Gasteiger partial charge in [-0.1, -0.05) is 30.3 Å². The quantitative estimate of drug-likeness (QED) is 0.477. The molecule has 204 valence electrons. The Hall–Kier alpha value is -4.05. The molecule has 3 aromatic rings. The molecule has 1 N–H and O–H groups in total. The van der Waals surface area contributed by atoms with Gasteiger partial charge in [0, 0.05) is 19.0 Å². The summed E-state index contributed by atoms with van der Waals surface area (Å²) in [6.07, 6.45) is -6.33. The summed E-state index contributed by atoms with van der Waals surface area (Å²) in [5, 5.41) is 15.0. The monoisotopic (exact) mass is 559 g/mol. The van der Waals surface area contributed by atoms with E-state index >= 15 is 0 Å². The van der Waals surface area contributed by atoms with Crippen LogP contribution in [0, 0.1) is 18.3 Å². The predicted octanol–water partition coefficient (Wildman–Crippen LogP) is 4.36. The first-order chi connectivity index (χ1) is 18.4. The van der Waals surface area contributed by atoms with Crippen molar-refractivity contribution in [2.45, 2.75) is 54.3 Å². The number of carbonyl (C=O) groups excluding carboxylic acids is 1. The number of hydrogen-bond acceptors (Lipinski definition) is 7. The lowest BCUT2D eigenvalue weighted by molar-refractivity contribution is -0.139. The van der Waals surface area contributed by atoms with Crippen LogP contribution in [0.2, 0.25) is 0 Å². The van der Waals surface area contributed by atoms with Gasteiger partial charge in [-0.3, -0.25) is 0 Å². The van der Waals surface area contributed by atoms with Gasteiger partial charge in [-0.25, -0.2) is 17.9 Å². The minimum Gasteiger partial charge on any atom is -0.425 e. The number of para-hydroxylation sites is 1. The number of benzene rings is 2. The topological polar surface area (TPSA) is 117 Å². The van der Waals surface area contributed by atoms with Crippen molar-refractivity contribution in [3.63, 3.8) is 0 Å². The van der Waals surface area contributed by atoms with E-state index in [1.54, 1.807) is 41.9 Å². The number of halogens is 3. The molecule has 0 spiro atoms. The summed E-state index contributed by atoms with van der Waals surface area (Å²) < 4.78 is 75.5. The van der Waals surface area contributed by atoms with Gasteiger partial charge in [-0.2, -0.15) is 23.5 Å². The van der Waals surface area contributed by atoms with Crippen LogP contribution < -0.4 is 10.2 Å². The SMILES string of the molecule is Cc1cc(N2C[C@H](S(=O)(=O)c3ccccc3C(F)(F)F)C[C@@H]2OC(=O)NC2(C#N)CC2)n(-c2ccccc2)n1. The average Bonchev–Trinajstić information content (AvgIpc) is 3.36. The highest BCUT2D eigenvalue weighted by atomic mass is 32.2. The number of carbonyl (C=O) groups is 1. The summed E-state index contributed by atoms with van der Waals surface area (Å²) in [6, 6.07) is 16.7. The smallest absolute Gasteiger partial charge is 0.417 e. The summed E-state index contributed by atoms with van der Waals surface area (Å²) in [6.45, 7) is 1.48. The molecule has 1 aromatic heterocycles. The van der Waals surface area contributed by atoms with Gasteiger partial charge in [-0.05, 0) is 44.0 Å². The van der Waals surface area contributed by atoms with Crippen molar-refractivity contribution >= 4 is 21.7 Å². The molecule has 2 aliphatic rings. The van der Waals surface area contributed by atoms with E-state index < -0.39 is 49.6 Å². The van der Waals surface area contributed by atoms with Gasteiger partial charge in [0.05, 0.1) is 33.2 Å². The highest BCUT2D eigenvalue weighted by Gasteiger charge is 2.48. The molecule has 2 heterocycles. The summed E-state index contributed by atoms with van der Waals surface area (Å²) >= 11 is 0. The minimum atomic E-state index is -4.88. The van der Waals surface area contributed by atoms with Crippen LogP contribution in [-0.4, -0.2) is 47.9 Å². The van der Waals surface area contributed by atoms with Crippen LogP contribution in [0.25, 0.3) is 5.69 Å². The maximum absolute atomic E-state index is 13.7. The van der Waals surface area contributed by atoms with Gasteiger partial charge in [0.15, 0.2) is 16.1 Å². The van der Waals surface area contributed by atoms with Crippen molar-refractivity contribution in [2.75, 3.05) is 11.4 Å². The number of alkyl halides is 3. The van der Waals surface area contributed by atoms with Gasteiger partial charge in [0.1, 0.15) is 11.4 Å². The Balaban J connectivity index is 1.52. The van der Waals surface area contributed by atoms with Crippen molar-refractivity contribution in [1.29, 1.82) is 5.26 Å². The second-order valence-corrected chi connectivity index (χ2v) is 11.8. The van der Waals surface area contributed by atoms with E-state index in [-0.39, 0.29) is 13.0 Å². The standard InChI is InChI=1S/C26H24F3N5O4S/c1-17-13-22(34(32-17)18-7-3-2-4-8-18)33-15-19(14-23(33)38-24(35)31-25(16-30)11-12-25)39(36,37)21-10-6-5-9-20(21)26(27,28)29/h2-10,13,19,23H,11-12,14-15H2,1H3,(H,31,35)/t19-,23+/m1/s1. The molecular formula is C26H24F3N5O4S. The molecule has 0 radical (unpaired) electrons. The number of aryl methyl sites for hydroxylation is 1. The second-order valence-electron chi connectivity index (χ2n) is 9.62. The van der Waals surface area contributed by atoms with Gasteiger partial charge in [-0.15, -0.1) is 0 Å². The third-order valence-corrected chi connectivity index (χ3v) is 8.99. The lowest BCUT2D eigenvalue weighted by Gasteiger charge is -2.27. The molecule has 0 bridgehead atoms. The van der Waals surface area contributed by atoms with Crippen molar-refractivity contribution in [3.8, 4) is 11.8 Å². The number of aromatic nitrogens is 2. The molecule has 1 saturated heterocycles. The lowest BCUT2D eigenvalue weighted by Crippen LogP contribution is -2.42. The third-order valence-electron chi connectivity index (χ3n) is 6.81. The van der Waals surface area contributed by atoms with Crippen molar-refractivity contribution in [3.05, 3.63) is 71.9 Å². The van der Waals surface area contributed by atoms with Crippen LogP contribution in [0.3, 0.4) is 0 Å². The number of nitrogens with one attached hydrogen (secondary N) is 1. The largest absolute Gasteiger partial charge is 0.425 e. The van der Waals surface area contributed by atoms with Crippen LogP contribution in [0.15, 0.2) is 65.6 Å². The summed E-state index contributed by atoms with van der Waals surface area (Å²) in [5.41, 5.74) is -1.04. The maximum Gasteiger partial charge on any atom is 0.417 e. The Morgan fingerprint density at radius 3 is 2.46 bits per heavy atom. The number of sulfone groups is 1. The maximum atomic E-state index is 13.7. The van der Waals surface area contributed by atoms with Crippen LogP contribution in [0.4, 0.5) is 23.8 Å². The normalized spacial score (nSPS) is 20.3. The molecule has 2 fully saturated rings. The zero-order valence-electron chi connectivity index (χ0n) is 20.7. The highest BCUT2D eigenvalue weighted by molar-refractivity contribution is 7.92. The molecule has 1 saturated carbocycles. The number of ether oxygens (including phenoxy) is 1. The summed E-state index contributed by atoms with van der Waals surface area (Å²) in [7, 11) is -4.52. The van der Waals surface area contributed by atoms with Crippen molar-refractivity contribution < 1.29 is 31.1 Å². The molecule has 0 unspecified atom stereocenters. The summed E-state index contributed by atoms with van der Waals surface area (Å²) in [5.74, 6) is 0.403. The number of rotatable bonds is 6. The van der Waals surface area contributed by atoms with E-state index in [1.165, 1.54) is 11.0 Å². The number of alkyl carbamates (subject to hydrolysis) is 1. The second kappa shape index (κ2) is 9.60. The van der Waals surface area contributed by atoms with Crippen molar-refractivity contribution in [1.82, 2.24) is 15.1 Å². The van der Waals surface area contributed by atoms with E-state index in [0.717, 1.165) is 18.2 Å². The lowest BCUT2D eigenvalue weighted by atomic mass is 10.2. The Labute approximate surface area is 222 Å². The van der Waals surface area contributed by atoms with Gasteiger partial charge >= 0.3 is 12.3 Å². The molecule has 1 amide bonds. The van der Waals surface area contributed by atoms with Crippen LogP contribution in [-0.2, 0) is 20.8 Å². The fourth-order valence-corrected chi connectivity index (χ4v) is 6.55. The van der Waals surface area contributed by atoms with Crippen LogP contribution in [0.1, 0.15) is 30.5 Å². The van der Waals surface area contributed by atoms with Gasteiger partial charge < -0.3 is 15.0 Å². The van der Waals surface area contributed by atoms with Crippen LogP contribution in [0.5, 0.6) is 0 Å². The molecule has 39 heavy (non-hydrogen) atoms. The van der Waals surface area contributed by atoms with Crippen LogP contribution >= 0.6 is 0 Å². The number of nitrogens with zero attached hydrogens (tertiary/aromatic N) is 4. The van der Waals surface area contributed by atoms with E-state index in [0.29, 0.717) is 30.0 Å². The summed E-state index contributed by atoms with van der Waals surface area (Å²) in [4.78, 5) is 13.4. The first-order valence-electron chi connectivity index (χ1n) is 12.1. The van der Waals surface area contributed by atoms with Crippen molar-refractivity contribution in [2.24, 2.45) is 0 Å². The zero-order chi connectivity index (χ0) is 28.0. The highest BCUT2D eigenvalue weighted by Crippen LogP contribution is 2.39. The Kier molecular flexibility index (Phi) is 6.54. The molecule has 1 aliphatic heterocycles. The molecule has 13 heteroatoms. The average molecular weight is 560 g/mol. The molecule has 2 aromatic carbocycles.